The Labute approximate surface area is 150 Å². The molecular formula is C22H26N2O. The number of rotatable bonds is 8. The fraction of sp³-hybridized carbons (Fsp3) is 0.273. The molecule has 1 atom stereocenters. The van der Waals surface area contributed by atoms with Crippen LogP contribution < -0.4 is 10.2 Å². The van der Waals surface area contributed by atoms with Crippen molar-refractivity contribution >= 4 is 5.69 Å². The Kier molecular flexibility index (Phi) is 5.91. The minimum Gasteiger partial charge on any atom is -0.469 e. The molecule has 0 bridgehead atoms. The smallest absolute Gasteiger partial charge is 0.111 e. The molecule has 130 valence electrons. The van der Waals surface area contributed by atoms with Gasteiger partial charge in [-0.25, -0.2) is 0 Å². The van der Waals surface area contributed by atoms with E-state index in [1.54, 1.807) is 6.26 Å². The molecule has 0 saturated carbocycles. The van der Waals surface area contributed by atoms with Gasteiger partial charge in [0.15, 0.2) is 0 Å². The molecule has 0 fully saturated rings. The van der Waals surface area contributed by atoms with E-state index in [-0.39, 0.29) is 0 Å². The van der Waals surface area contributed by atoms with Gasteiger partial charge in [-0.15, -0.1) is 0 Å². The second kappa shape index (κ2) is 8.54. The van der Waals surface area contributed by atoms with E-state index >= 15 is 0 Å². The van der Waals surface area contributed by atoms with E-state index < -0.39 is 0 Å². The van der Waals surface area contributed by atoms with Gasteiger partial charge in [0.05, 0.1) is 6.26 Å². The van der Waals surface area contributed by atoms with Gasteiger partial charge in [0.1, 0.15) is 5.76 Å². The van der Waals surface area contributed by atoms with Crippen molar-refractivity contribution in [2.45, 2.75) is 18.9 Å². The number of hydrogen-bond acceptors (Lipinski definition) is 3. The van der Waals surface area contributed by atoms with E-state index in [0.717, 1.165) is 25.3 Å². The highest BCUT2D eigenvalue weighted by Gasteiger charge is 2.16. The van der Waals surface area contributed by atoms with Crippen LogP contribution in [0.4, 0.5) is 5.69 Å². The lowest BCUT2D eigenvalue weighted by molar-refractivity contribution is 0.466. The van der Waals surface area contributed by atoms with Crippen LogP contribution in [0.5, 0.6) is 0 Å². The number of nitrogens with one attached hydrogen (secondary N) is 1. The number of hydrogen-bond donors (Lipinski definition) is 1. The van der Waals surface area contributed by atoms with Gasteiger partial charge in [-0.05, 0) is 48.4 Å². The predicted octanol–water partition coefficient (Wildman–Crippen LogP) is 4.66. The van der Waals surface area contributed by atoms with Gasteiger partial charge in [0.2, 0.25) is 0 Å². The van der Waals surface area contributed by atoms with E-state index in [4.69, 9.17) is 4.42 Å². The van der Waals surface area contributed by atoms with Crippen molar-refractivity contribution in [3.8, 4) is 0 Å². The maximum absolute atomic E-state index is 5.67. The van der Waals surface area contributed by atoms with Gasteiger partial charge in [-0.2, -0.15) is 0 Å². The van der Waals surface area contributed by atoms with Crippen molar-refractivity contribution in [2.24, 2.45) is 0 Å². The van der Waals surface area contributed by atoms with Crippen molar-refractivity contribution in [1.29, 1.82) is 0 Å². The fourth-order valence-corrected chi connectivity index (χ4v) is 3.04. The Morgan fingerprint density at radius 1 is 0.920 bits per heavy atom. The molecule has 3 nitrogen and oxygen atoms in total. The van der Waals surface area contributed by atoms with E-state index in [1.165, 1.54) is 16.8 Å². The lowest BCUT2D eigenvalue weighted by Crippen LogP contribution is -2.17. The molecule has 3 rings (SSSR count). The van der Waals surface area contributed by atoms with E-state index in [2.05, 4.69) is 85.0 Å². The average molecular weight is 334 g/mol. The average Bonchev–Trinajstić information content (AvgIpc) is 3.17. The highest BCUT2D eigenvalue weighted by molar-refractivity contribution is 5.45. The Balaban J connectivity index is 1.55. The van der Waals surface area contributed by atoms with Crippen molar-refractivity contribution in [3.05, 3.63) is 89.9 Å². The standard InChI is InChI=1S/C22H26N2O/c1-24(2)20-12-10-18(11-13-20)17-23-15-14-21(22-9-6-16-25-22)19-7-4-3-5-8-19/h3-13,16,21,23H,14-15,17H2,1-2H3. The molecule has 1 unspecified atom stereocenters. The third-order valence-electron chi connectivity index (χ3n) is 4.48. The first-order valence-corrected chi connectivity index (χ1v) is 8.79. The second-order valence-corrected chi connectivity index (χ2v) is 6.51. The van der Waals surface area contributed by atoms with E-state index in [9.17, 15) is 0 Å². The van der Waals surface area contributed by atoms with E-state index in [1.807, 2.05) is 6.07 Å². The maximum atomic E-state index is 5.67. The zero-order chi connectivity index (χ0) is 17.5. The molecule has 3 heteroatoms. The van der Waals surface area contributed by atoms with Crippen molar-refractivity contribution in [2.75, 3.05) is 25.5 Å². The quantitative estimate of drug-likeness (QED) is 0.608. The Morgan fingerprint density at radius 2 is 1.68 bits per heavy atom. The Morgan fingerprint density at radius 3 is 2.32 bits per heavy atom. The van der Waals surface area contributed by atoms with Crippen LogP contribution in [0, 0.1) is 0 Å². The first-order chi connectivity index (χ1) is 12.2. The predicted molar refractivity (Wildman–Crippen MR) is 104 cm³/mol. The Bertz CT molecular complexity index is 733. The minimum atomic E-state index is 0.291. The van der Waals surface area contributed by atoms with Crippen LogP contribution in [-0.2, 0) is 6.54 Å². The molecule has 0 amide bonds. The summed E-state index contributed by atoms with van der Waals surface area (Å²) in [5, 5.41) is 3.56. The zero-order valence-corrected chi connectivity index (χ0v) is 15.0. The molecule has 1 heterocycles. The monoisotopic (exact) mass is 334 g/mol. The third-order valence-corrected chi connectivity index (χ3v) is 4.48. The second-order valence-electron chi connectivity index (χ2n) is 6.51. The number of anilines is 1. The normalized spacial score (nSPS) is 12.1. The van der Waals surface area contributed by atoms with Crippen molar-refractivity contribution in [3.63, 3.8) is 0 Å². The molecule has 0 spiro atoms. The van der Waals surface area contributed by atoms with Crippen molar-refractivity contribution < 1.29 is 4.42 Å². The SMILES string of the molecule is CN(C)c1ccc(CNCCC(c2ccccc2)c2ccco2)cc1. The highest BCUT2D eigenvalue weighted by atomic mass is 16.3. The Hall–Kier alpha value is -2.52. The molecule has 0 aliphatic heterocycles. The van der Waals surface area contributed by atoms with E-state index in [0.29, 0.717) is 5.92 Å². The number of benzene rings is 2. The summed E-state index contributed by atoms with van der Waals surface area (Å²) in [6.45, 7) is 1.82. The lowest BCUT2D eigenvalue weighted by atomic mass is 9.93. The molecule has 1 N–H and O–H groups in total. The summed E-state index contributed by atoms with van der Waals surface area (Å²) in [4.78, 5) is 2.12. The van der Waals surface area contributed by atoms with Crippen LogP contribution in [0.3, 0.4) is 0 Å². The first-order valence-electron chi connectivity index (χ1n) is 8.79. The summed E-state index contributed by atoms with van der Waals surface area (Å²) >= 11 is 0. The zero-order valence-electron chi connectivity index (χ0n) is 15.0. The van der Waals surface area contributed by atoms with Crippen LogP contribution >= 0.6 is 0 Å². The molecule has 0 aliphatic carbocycles. The summed E-state index contributed by atoms with van der Waals surface area (Å²) in [5.74, 6) is 1.32. The van der Waals surface area contributed by atoms with Crippen LogP contribution in [-0.4, -0.2) is 20.6 Å². The molecule has 2 aromatic carbocycles. The largest absolute Gasteiger partial charge is 0.469 e. The summed E-state index contributed by atoms with van der Waals surface area (Å²) < 4.78 is 5.67. The van der Waals surface area contributed by atoms with Gasteiger partial charge in [0, 0.05) is 32.2 Å². The molecule has 0 saturated heterocycles. The topological polar surface area (TPSA) is 28.4 Å². The number of furan rings is 1. The summed E-state index contributed by atoms with van der Waals surface area (Å²) in [6.07, 6.45) is 2.76. The highest BCUT2D eigenvalue weighted by Crippen LogP contribution is 2.27. The van der Waals surface area contributed by atoms with Gasteiger partial charge in [-0.3, -0.25) is 0 Å². The summed E-state index contributed by atoms with van der Waals surface area (Å²) in [6, 6.07) is 23.3. The first kappa shape index (κ1) is 17.3. The molecule has 0 aliphatic rings. The number of nitrogens with zero attached hydrogens (tertiary/aromatic N) is 1. The van der Waals surface area contributed by atoms with Gasteiger partial charge < -0.3 is 14.6 Å². The van der Waals surface area contributed by atoms with Crippen molar-refractivity contribution in [1.82, 2.24) is 5.32 Å². The van der Waals surface area contributed by atoms with Gasteiger partial charge >= 0.3 is 0 Å². The maximum Gasteiger partial charge on any atom is 0.111 e. The summed E-state index contributed by atoms with van der Waals surface area (Å²) in [7, 11) is 4.12. The molecule has 1 aromatic heterocycles. The van der Waals surface area contributed by atoms with Crippen LogP contribution in [0.25, 0.3) is 0 Å². The van der Waals surface area contributed by atoms with Crippen LogP contribution in [0.1, 0.15) is 29.2 Å². The fourth-order valence-electron chi connectivity index (χ4n) is 3.04. The van der Waals surface area contributed by atoms with Crippen LogP contribution in [0.2, 0.25) is 0 Å². The van der Waals surface area contributed by atoms with Crippen LogP contribution in [0.15, 0.2) is 77.4 Å². The van der Waals surface area contributed by atoms with Gasteiger partial charge in [-0.1, -0.05) is 42.5 Å². The van der Waals surface area contributed by atoms with Gasteiger partial charge in [0.25, 0.3) is 0 Å². The molecule has 3 aromatic rings. The molecular weight excluding hydrogens is 308 g/mol. The lowest BCUT2D eigenvalue weighted by Gasteiger charge is -2.16. The summed E-state index contributed by atoms with van der Waals surface area (Å²) in [5.41, 5.74) is 3.83. The third kappa shape index (κ3) is 4.74. The molecule has 25 heavy (non-hydrogen) atoms. The minimum absolute atomic E-state index is 0.291. The molecule has 0 radical (unpaired) electrons.